The molecule has 98 valence electrons. The number of aryl methyl sites for hydroxylation is 2. The van der Waals surface area contributed by atoms with Crippen LogP contribution >= 0.6 is 11.6 Å². The SMILES string of the molecule is Cc1ccc(C=CC(=O)Nc2ccc(C)c(Cl)c2)o1. The number of anilines is 1. The van der Waals surface area contributed by atoms with Gasteiger partial charge in [-0.15, -0.1) is 0 Å². The lowest BCUT2D eigenvalue weighted by molar-refractivity contribution is -0.111. The van der Waals surface area contributed by atoms with Crippen molar-refractivity contribution in [1.82, 2.24) is 0 Å². The van der Waals surface area contributed by atoms with E-state index < -0.39 is 0 Å². The summed E-state index contributed by atoms with van der Waals surface area (Å²) < 4.78 is 5.33. The van der Waals surface area contributed by atoms with Crippen LogP contribution in [0.5, 0.6) is 0 Å². The highest BCUT2D eigenvalue weighted by molar-refractivity contribution is 6.31. The molecule has 19 heavy (non-hydrogen) atoms. The highest BCUT2D eigenvalue weighted by Gasteiger charge is 2.01. The van der Waals surface area contributed by atoms with Gasteiger partial charge >= 0.3 is 0 Å². The number of carbonyl (C=O) groups excluding carboxylic acids is 1. The smallest absolute Gasteiger partial charge is 0.248 e. The van der Waals surface area contributed by atoms with Gasteiger partial charge in [0.25, 0.3) is 0 Å². The Kier molecular flexibility index (Phi) is 4.07. The molecule has 1 heterocycles. The van der Waals surface area contributed by atoms with Gasteiger partial charge in [-0.2, -0.15) is 0 Å². The van der Waals surface area contributed by atoms with Crippen LogP contribution in [0.2, 0.25) is 5.02 Å². The molecule has 0 saturated heterocycles. The monoisotopic (exact) mass is 275 g/mol. The van der Waals surface area contributed by atoms with Crippen LogP contribution in [0.1, 0.15) is 17.1 Å². The number of rotatable bonds is 3. The number of nitrogens with one attached hydrogen (secondary N) is 1. The number of hydrogen-bond acceptors (Lipinski definition) is 2. The maximum atomic E-state index is 11.7. The zero-order chi connectivity index (χ0) is 13.8. The molecule has 0 unspecified atom stereocenters. The largest absolute Gasteiger partial charge is 0.462 e. The maximum Gasteiger partial charge on any atom is 0.248 e. The van der Waals surface area contributed by atoms with Gasteiger partial charge in [-0.05, 0) is 49.8 Å². The van der Waals surface area contributed by atoms with Crippen molar-refractivity contribution in [3.63, 3.8) is 0 Å². The van der Waals surface area contributed by atoms with Crippen LogP contribution in [-0.2, 0) is 4.79 Å². The van der Waals surface area contributed by atoms with E-state index in [2.05, 4.69) is 5.32 Å². The highest BCUT2D eigenvalue weighted by Crippen LogP contribution is 2.20. The number of carbonyl (C=O) groups is 1. The molecule has 4 heteroatoms. The molecular formula is C15H14ClNO2. The van der Waals surface area contributed by atoms with E-state index in [9.17, 15) is 4.79 Å². The van der Waals surface area contributed by atoms with E-state index in [-0.39, 0.29) is 5.91 Å². The second-order valence-corrected chi connectivity index (χ2v) is 4.64. The molecule has 2 aromatic rings. The zero-order valence-corrected chi connectivity index (χ0v) is 11.5. The van der Waals surface area contributed by atoms with E-state index in [1.165, 1.54) is 6.08 Å². The number of benzene rings is 1. The molecule has 1 aromatic heterocycles. The summed E-state index contributed by atoms with van der Waals surface area (Å²) in [6.45, 7) is 3.76. The van der Waals surface area contributed by atoms with Gasteiger partial charge in [0.2, 0.25) is 5.91 Å². The van der Waals surface area contributed by atoms with Gasteiger partial charge in [0.05, 0.1) is 0 Å². The Balaban J connectivity index is 2.01. The predicted molar refractivity (Wildman–Crippen MR) is 77.3 cm³/mol. The molecule has 0 atom stereocenters. The molecule has 1 aromatic carbocycles. The van der Waals surface area contributed by atoms with Crippen LogP contribution in [0.15, 0.2) is 40.8 Å². The lowest BCUT2D eigenvalue weighted by Gasteiger charge is -2.04. The first-order valence-electron chi connectivity index (χ1n) is 5.86. The first kappa shape index (κ1) is 13.4. The van der Waals surface area contributed by atoms with Crippen LogP contribution in [0.4, 0.5) is 5.69 Å². The molecule has 0 fully saturated rings. The van der Waals surface area contributed by atoms with Gasteiger partial charge in [0.1, 0.15) is 11.5 Å². The number of halogens is 1. The third kappa shape index (κ3) is 3.73. The van der Waals surface area contributed by atoms with Crippen molar-refractivity contribution in [2.24, 2.45) is 0 Å². The summed E-state index contributed by atoms with van der Waals surface area (Å²) in [5.74, 6) is 1.23. The number of amides is 1. The Morgan fingerprint density at radius 3 is 2.68 bits per heavy atom. The maximum absolute atomic E-state index is 11.7. The number of furan rings is 1. The molecule has 1 N–H and O–H groups in total. The van der Waals surface area contributed by atoms with Crippen molar-refractivity contribution in [2.75, 3.05) is 5.32 Å². The summed E-state index contributed by atoms with van der Waals surface area (Å²) in [5.41, 5.74) is 1.64. The van der Waals surface area contributed by atoms with Crippen LogP contribution < -0.4 is 5.32 Å². The van der Waals surface area contributed by atoms with Gasteiger partial charge in [-0.3, -0.25) is 4.79 Å². The van der Waals surface area contributed by atoms with E-state index >= 15 is 0 Å². The minimum absolute atomic E-state index is 0.228. The average molecular weight is 276 g/mol. The molecule has 1 amide bonds. The normalized spacial score (nSPS) is 10.9. The quantitative estimate of drug-likeness (QED) is 0.853. The zero-order valence-electron chi connectivity index (χ0n) is 10.7. The summed E-state index contributed by atoms with van der Waals surface area (Å²) in [6, 6.07) is 9.04. The van der Waals surface area contributed by atoms with Gasteiger partial charge in [0.15, 0.2) is 0 Å². The third-order valence-corrected chi connectivity index (χ3v) is 3.01. The van der Waals surface area contributed by atoms with E-state index in [0.717, 1.165) is 11.3 Å². The van der Waals surface area contributed by atoms with Crippen molar-refractivity contribution < 1.29 is 9.21 Å². The molecule has 0 aliphatic heterocycles. The summed E-state index contributed by atoms with van der Waals surface area (Å²) >= 11 is 5.99. The Morgan fingerprint density at radius 2 is 2.05 bits per heavy atom. The first-order valence-corrected chi connectivity index (χ1v) is 6.24. The van der Waals surface area contributed by atoms with E-state index in [1.807, 2.05) is 38.1 Å². The minimum atomic E-state index is -0.228. The van der Waals surface area contributed by atoms with E-state index in [4.69, 9.17) is 16.0 Å². The molecule has 0 bridgehead atoms. The first-order chi connectivity index (χ1) is 9.04. The van der Waals surface area contributed by atoms with Crippen molar-refractivity contribution >= 4 is 29.3 Å². The van der Waals surface area contributed by atoms with Gasteiger partial charge in [-0.25, -0.2) is 0 Å². The van der Waals surface area contributed by atoms with Crippen LogP contribution in [0.25, 0.3) is 6.08 Å². The molecule has 0 radical (unpaired) electrons. The average Bonchev–Trinajstić information content (AvgIpc) is 2.77. The van der Waals surface area contributed by atoms with E-state index in [1.54, 1.807) is 12.1 Å². The molecular weight excluding hydrogens is 262 g/mol. The van der Waals surface area contributed by atoms with Crippen molar-refractivity contribution in [1.29, 1.82) is 0 Å². The Bertz CT molecular complexity index is 629. The second kappa shape index (κ2) is 5.76. The predicted octanol–water partition coefficient (Wildman–Crippen LogP) is 4.20. The standard InChI is InChI=1S/C15H14ClNO2/c1-10-3-5-12(9-14(10)16)17-15(18)8-7-13-6-4-11(2)19-13/h3-9H,1-2H3,(H,17,18). The van der Waals surface area contributed by atoms with E-state index in [0.29, 0.717) is 16.5 Å². The van der Waals surface area contributed by atoms with Gasteiger partial charge < -0.3 is 9.73 Å². The van der Waals surface area contributed by atoms with Crippen LogP contribution in [0.3, 0.4) is 0 Å². The molecule has 0 aliphatic carbocycles. The number of hydrogen-bond donors (Lipinski definition) is 1. The summed E-state index contributed by atoms with van der Waals surface area (Å²) in [7, 11) is 0. The molecule has 2 rings (SSSR count). The van der Waals surface area contributed by atoms with Gasteiger partial charge in [0, 0.05) is 16.8 Å². The molecule has 0 aliphatic rings. The van der Waals surface area contributed by atoms with Crippen LogP contribution in [0, 0.1) is 13.8 Å². The highest BCUT2D eigenvalue weighted by atomic mass is 35.5. The summed E-state index contributed by atoms with van der Waals surface area (Å²) in [5, 5.41) is 3.36. The van der Waals surface area contributed by atoms with Crippen molar-refractivity contribution in [2.45, 2.75) is 13.8 Å². The fourth-order valence-electron chi connectivity index (χ4n) is 1.56. The Morgan fingerprint density at radius 1 is 1.26 bits per heavy atom. The molecule has 0 saturated carbocycles. The summed E-state index contributed by atoms with van der Waals surface area (Å²) in [6.07, 6.45) is 3.05. The Hall–Kier alpha value is -2.00. The minimum Gasteiger partial charge on any atom is -0.462 e. The fraction of sp³-hybridized carbons (Fsp3) is 0.133. The Labute approximate surface area is 116 Å². The lowest BCUT2D eigenvalue weighted by atomic mass is 10.2. The second-order valence-electron chi connectivity index (χ2n) is 4.23. The van der Waals surface area contributed by atoms with Gasteiger partial charge in [-0.1, -0.05) is 17.7 Å². The lowest BCUT2D eigenvalue weighted by Crippen LogP contribution is -2.07. The van der Waals surface area contributed by atoms with Crippen LogP contribution in [-0.4, -0.2) is 5.91 Å². The third-order valence-electron chi connectivity index (χ3n) is 2.60. The molecule has 3 nitrogen and oxygen atoms in total. The topological polar surface area (TPSA) is 42.2 Å². The molecule has 0 spiro atoms. The van der Waals surface area contributed by atoms with Crippen molar-refractivity contribution in [3.8, 4) is 0 Å². The van der Waals surface area contributed by atoms with Crippen molar-refractivity contribution in [3.05, 3.63) is 58.5 Å². The fourth-order valence-corrected chi connectivity index (χ4v) is 1.74. The summed E-state index contributed by atoms with van der Waals surface area (Å²) in [4.78, 5) is 11.7.